The molecule has 4 aromatic carbocycles. The number of para-hydroxylation sites is 1. The lowest BCUT2D eigenvalue weighted by atomic mass is 10.1. The number of amides is 1. The van der Waals surface area contributed by atoms with Gasteiger partial charge in [0.2, 0.25) is 5.95 Å². The Hall–Kier alpha value is -5.17. The number of nitrogen functional groups attached to an aromatic ring is 1. The van der Waals surface area contributed by atoms with Gasteiger partial charge in [0, 0.05) is 23.6 Å². The second-order valence-corrected chi connectivity index (χ2v) is 8.83. The number of carbonyl (C=O) groups is 1. The minimum absolute atomic E-state index is 0.317. The average Bonchev–Trinajstić information content (AvgIpc) is 2.92. The van der Waals surface area contributed by atoms with Crippen LogP contribution in [-0.4, -0.2) is 16.1 Å². The Morgan fingerprint density at radius 2 is 1.53 bits per heavy atom. The zero-order valence-corrected chi connectivity index (χ0v) is 21.1. The van der Waals surface area contributed by atoms with Crippen LogP contribution in [0.2, 0.25) is 0 Å². The molecular formula is C31H27N5O2. The largest absolute Gasteiger partial charge is 0.425 e. The van der Waals surface area contributed by atoms with E-state index in [1.807, 2.05) is 98.8 Å². The van der Waals surface area contributed by atoms with Crippen molar-refractivity contribution in [3.05, 3.63) is 120 Å². The fourth-order valence-electron chi connectivity index (χ4n) is 4.16. The highest BCUT2D eigenvalue weighted by molar-refractivity contribution is 5.97. The lowest BCUT2D eigenvalue weighted by molar-refractivity contribution is 0.209. The standard InChI is InChI=1S/C31H27N5O2/c1-21-9-6-10-22(2)29(21)38-31(37)36(27-16-7-13-24(19-27)23-11-4-3-5-12-23)28-17-18-33-30(35-28)34-26-15-8-14-25(32)20-26/h3-20H,32H2,1-2H3,(H,33,34,35). The number of hydrogen-bond acceptors (Lipinski definition) is 6. The average molecular weight is 502 g/mol. The van der Waals surface area contributed by atoms with Gasteiger partial charge in [-0.15, -0.1) is 0 Å². The molecule has 0 unspecified atom stereocenters. The summed E-state index contributed by atoms with van der Waals surface area (Å²) < 4.78 is 5.96. The number of benzene rings is 4. The number of anilines is 5. The van der Waals surface area contributed by atoms with Gasteiger partial charge in [0.1, 0.15) is 11.6 Å². The fraction of sp³-hybridized carbons (Fsp3) is 0.0645. The SMILES string of the molecule is Cc1cccc(C)c1OC(=O)N(c1cccc(-c2ccccc2)c1)c1ccnc(Nc2cccc(N)c2)n1. The van der Waals surface area contributed by atoms with Gasteiger partial charge in [-0.2, -0.15) is 4.98 Å². The molecule has 0 aliphatic heterocycles. The molecule has 0 aliphatic rings. The summed E-state index contributed by atoms with van der Waals surface area (Å²) in [6, 6.07) is 32.4. The topological polar surface area (TPSA) is 93.4 Å². The summed E-state index contributed by atoms with van der Waals surface area (Å²) in [6.07, 6.45) is 1.01. The Morgan fingerprint density at radius 3 is 2.29 bits per heavy atom. The summed E-state index contributed by atoms with van der Waals surface area (Å²) >= 11 is 0. The van der Waals surface area contributed by atoms with E-state index in [4.69, 9.17) is 10.5 Å². The molecule has 0 saturated carbocycles. The molecule has 7 heteroatoms. The van der Waals surface area contributed by atoms with Gasteiger partial charge >= 0.3 is 6.09 Å². The summed E-state index contributed by atoms with van der Waals surface area (Å²) in [5.41, 5.74) is 11.6. The maximum absolute atomic E-state index is 13.8. The van der Waals surface area contributed by atoms with E-state index in [2.05, 4.69) is 15.3 Å². The predicted octanol–water partition coefficient (Wildman–Crippen LogP) is 7.42. The molecule has 0 fully saturated rings. The Balaban J connectivity index is 1.56. The van der Waals surface area contributed by atoms with Crippen LogP contribution >= 0.6 is 0 Å². The van der Waals surface area contributed by atoms with E-state index >= 15 is 0 Å². The van der Waals surface area contributed by atoms with Crippen molar-refractivity contribution < 1.29 is 9.53 Å². The number of nitrogens with zero attached hydrogens (tertiary/aromatic N) is 3. The van der Waals surface area contributed by atoms with E-state index < -0.39 is 6.09 Å². The highest BCUT2D eigenvalue weighted by atomic mass is 16.6. The van der Waals surface area contributed by atoms with Crippen molar-refractivity contribution in [2.75, 3.05) is 16.0 Å². The van der Waals surface area contributed by atoms with Crippen LogP contribution < -0.4 is 20.7 Å². The van der Waals surface area contributed by atoms with Crippen molar-refractivity contribution >= 4 is 34.9 Å². The third-order valence-corrected chi connectivity index (χ3v) is 6.00. The van der Waals surface area contributed by atoms with Crippen LogP contribution in [0.3, 0.4) is 0 Å². The zero-order chi connectivity index (χ0) is 26.5. The molecule has 5 aromatic rings. The molecule has 7 nitrogen and oxygen atoms in total. The highest BCUT2D eigenvalue weighted by Gasteiger charge is 2.24. The van der Waals surface area contributed by atoms with E-state index in [1.165, 1.54) is 4.90 Å². The van der Waals surface area contributed by atoms with Gasteiger partial charge in [-0.05, 0) is 66.4 Å². The number of rotatable bonds is 6. The number of ether oxygens (including phenoxy) is 1. The minimum Gasteiger partial charge on any atom is -0.409 e. The smallest absolute Gasteiger partial charge is 0.409 e. The molecule has 0 saturated heterocycles. The second kappa shape index (κ2) is 10.8. The molecule has 5 rings (SSSR count). The fourth-order valence-corrected chi connectivity index (χ4v) is 4.16. The van der Waals surface area contributed by atoms with Crippen molar-refractivity contribution in [1.82, 2.24) is 9.97 Å². The lowest BCUT2D eigenvalue weighted by Crippen LogP contribution is -2.30. The molecule has 188 valence electrons. The summed E-state index contributed by atoms with van der Waals surface area (Å²) in [5, 5.41) is 3.15. The van der Waals surface area contributed by atoms with Crippen LogP contribution in [0.25, 0.3) is 11.1 Å². The van der Waals surface area contributed by atoms with Gasteiger partial charge in [-0.25, -0.2) is 14.7 Å². The van der Waals surface area contributed by atoms with Crippen molar-refractivity contribution in [3.8, 4) is 16.9 Å². The summed E-state index contributed by atoms with van der Waals surface area (Å²) in [6.45, 7) is 3.82. The van der Waals surface area contributed by atoms with Crippen molar-refractivity contribution in [3.63, 3.8) is 0 Å². The van der Waals surface area contributed by atoms with Gasteiger partial charge < -0.3 is 15.8 Å². The second-order valence-electron chi connectivity index (χ2n) is 8.83. The molecule has 0 bridgehead atoms. The maximum atomic E-state index is 13.8. The lowest BCUT2D eigenvalue weighted by Gasteiger charge is -2.23. The zero-order valence-electron chi connectivity index (χ0n) is 21.1. The van der Waals surface area contributed by atoms with E-state index in [-0.39, 0.29) is 0 Å². The van der Waals surface area contributed by atoms with E-state index in [9.17, 15) is 4.79 Å². The van der Waals surface area contributed by atoms with Crippen LogP contribution in [0.4, 0.5) is 33.6 Å². The monoisotopic (exact) mass is 501 g/mol. The Kier molecular flexibility index (Phi) is 6.99. The molecule has 1 aromatic heterocycles. The number of carbonyl (C=O) groups excluding carboxylic acids is 1. The van der Waals surface area contributed by atoms with E-state index in [0.29, 0.717) is 28.9 Å². The maximum Gasteiger partial charge on any atom is 0.425 e. The van der Waals surface area contributed by atoms with E-state index in [1.54, 1.807) is 24.4 Å². The summed E-state index contributed by atoms with van der Waals surface area (Å²) in [4.78, 5) is 24.2. The first-order chi connectivity index (χ1) is 18.5. The predicted molar refractivity (Wildman–Crippen MR) is 152 cm³/mol. The van der Waals surface area contributed by atoms with Gasteiger partial charge in [-0.1, -0.05) is 66.7 Å². The Morgan fingerprint density at radius 1 is 0.816 bits per heavy atom. The number of nitrogens with one attached hydrogen (secondary N) is 1. The molecule has 3 N–H and O–H groups in total. The molecule has 1 amide bonds. The number of aromatic nitrogens is 2. The van der Waals surface area contributed by atoms with Crippen LogP contribution in [0.1, 0.15) is 11.1 Å². The normalized spacial score (nSPS) is 10.6. The number of nitrogens with two attached hydrogens (primary N) is 1. The van der Waals surface area contributed by atoms with Crippen LogP contribution in [-0.2, 0) is 0 Å². The van der Waals surface area contributed by atoms with Crippen LogP contribution in [0, 0.1) is 13.8 Å². The molecule has 38 heavy (non-hydrogen) atoms. The molecule has 0 spiro atoms. The third kappa shape index (κ3) is 5.47. The first kappa shape index (κ1) is 24.5. The van der Waals surface area contributed by atoms with Gasteiger partial charge in [0.05, 0.1) is 5.69 Å². The van der Waals surface area contributed by atoms with Crippen LogP contribution in [0.15, 0.2) is 109 Å². The molecular weight excluding hydrogens is 474 g/mol. The van der Waals surface area contributed by atoms with Crippen molar-refractivity contribution in [2.45, 2.75) is 13.8 Å². The Bertz CT molecular complexity index is 1570. The van der Waals surface area contributed by atoms with Gasteiger partial charge in [0.15, 0.2) is 0 Å². The number of hydrogen-bond donors (Lipinski definition) is 2. The Labute approximate surface area is 221 Å². The summed E-state index contributed by atoms with van der Waals surface area (Å²) in [5.74, 6) is 1.19. The van der Waals surface area contributed by atoms with Crippen LogP contribution in [0.5, 0.6) is 5.75 Å². The van der Waals surface area contributed by atoms with Gasteiger partial charge in [-0.3, -0.25) is 0 Å². The minimum atomic E-state index is -0.582. The first-order valence-electron chi connectivity index (χ1n) is 12.2. The molecule has 0 radical (unpaired) electrons. The summed E-state index contributed by atoms with van der Waals surface area (Å²) in [7, 11) is 0. The molecule has 1 heterocycles. The van der Waals surface area contributed by atoms with E-state index in [0.717, 1.165) is 27.9 Å². The quantitative estimate of drug-likeness (QED) is 0.235. The van der Waals surface area contributed by atoms with Gasteiger partial charge in [0.25, 0.3) is 0 Å². The first-order valence-corrected chi connectivity index (χ1v) is 12.2. The van der Waals surface area contributed by atoms with Crippen molar-refractivity contribution in [1.29, 1.82) is 0 Å². The molecule has 0 atom stereocenters. The molecule has 0 aliphatic carbocycles. The third-order valence-electron chi connectivity index (χ3n) is 6.00. The van der Waals surface area contributed by atoms with Crippen molar-refractivity contribution in [2.24, 2.45) is 0 Å². The highest BCUT2D eigenvalue weighted by Crippen LogP contribution is 2.32. The number of aryl methyl sites for hydroxylation is 2.